The first kappa shape index (κ1) is 32.7. The summed E-state index contributed by atoms with van der Waals surface area (Å²) in [6.07, 6.45) is 6.00. The summed E-state index contributed by atoms with van der Waals surface area (Å²) in [5.74, 6) is 0. The van der Waals surface area contributed by atoms with E-state index < -0.39 is 0 Å². The van der Waals surface area contributed by atoms with Crippen LogP contribution in [0.1, 0.15) is 35.1 Å². The predicted molar refractivity (Wildman–Crippen MR) is 190 cm³/mol. The number of rotatable bonds is 7. The number of hydrogen-bond donors (Lipinski definition) is 2. The predicted octanol–water partition coefficient (Wildman–Crippen LogP) is 8.16. The van der Waals surface area contributed by atoms with Crippen molar-refractivity contribution in [3.63, 3.8) is 0 Å². The van der Waals surface area contributed by atoms with Crippen molar-refractivity contribution in [2.75, 3.05) is 50.1 Å². The molecule has 2 heterocycles. The lowest BCUT2D eigenvalue weighted by Crippen LogP contribution is -2.36. The lowest BCUT2D eigenvalue weighted by molar-refractivity contribution is 0.217. The Hall–Kier alpha value is -3.71. The number of carbonyl (C=O) groups excluding carboxylic acids is 1. The third-order valence-electron chi connectivity index (χ3n) is 8.40. The van der Waals surface area contributed by atoms with Gasteiger partial charge in [0.05, 0.1) is 0 Å². The molecule has 0 bridgehead atoms. The van der Waals surface area contributed by atoms with Gasteiger partial charge in [0.25, 0.3) is 0 Å². The van der Waals surface area contributed by atoms with Crippen molar-refractivity contribution in [3.8, 4) is 0 Å². The van der Waals surface area contributed by atoms with Crippen molar-refractivity contribution in [3.05, 3.63) is 117 Å². The summed E-state index contributed by atoms with van der Waals surface area (Å²) in [6.45, 7) is 3.11. The maximum absolute atomic E-state index is 11.7. The van der Waals surface area contributed by atoms with Crippen LogP contribution in [0.4, 0.5) is 27.5 Å². The van der Waals surface area contributed by atoms with Gasteiger partial charge in [-0.05, 0) is 104 Å². The first-order valence-electron chi connectivity index (χ1n) is 15.8. The topological polar surface area (TPSA) is 64.8 Å². The van der Waals surface area contributed by atoms with Crippen LogP contribution in [0.15, 0.2) is 84.9 Å². The van der Waals surface area contributed by atoms with Crippen LogP contribution in [0.25, 0.3) is 0 Å². The molecule has 45 heavy (non-hydrogen) atoms. The zero-order chi connectivity index (χ0) is 31.8. The highest BCUT2D eigenvalue weighted by atomic mass is 35.5. The fourth-order valence-electron chi connectivity index (χ4n) is 6.09. The Kier molecular flexibility index (Phi) is 11.3. The third kappa shape index (κ3) is 8.12. The van der Waals surface area contributed by atoms with Crippen LogP contribution in [0.5, 0.6) is 0 Å². The van der Waals surface area contributed by atoms with E-state index in [0.717, 1.165) is 61.7 Å². The van der Waals surface area contributed by atoms with E-state index in [-0.39, 0.29) is 6.03 Å². The molecule has 0 aliphatic carbocycles. The lowest BCUT2D eigenvalue weighted by Gasteiger charge is -2.27. The van der Waals surface area contributed by atoms with E-state index in [1.54, 1.807) is 19.0 Å². The number of para-hydroxylation sites is 2. The summed E-state index contributed by atoms with van der Waals surface area (Å²) < 4.78 is 0. The minimum atomic E-state index is -0.0558. The van der Waals surface area contributed by atoms with E-state index in [1.165, 1.54) is 45.0 Å². The molecular formula is C37H43Cl2N5O. The minimum absolute atomic E-state index is 0.0558. The summed E-state index contributed by atoms with van der Waals surface area (Å²) >= 11 is 12.5. The van der Waals surface area contributed by atoms with Gasteiger partial charge in [0.15, 0.2) is 0 Å². The standard InChI is InChI=1S/C20H24ClN3O.C17H19ClN2/c1-23(2)20(25)22-12-5-13-24-18-7-4-3-6-15(18)8-9-16-10-11-17(21)14-19(16)24;18-15-9-8-14-7-6-13-4-1-2-5-16(13)20(11-3-10-19)17(14)12-15/h3-4,6-7,10-11,14H,5,8-9,12-13H2,1-2H3,(H,22,25);1-2,4-5,8-9,12H,3,6-7,10-11,19H2. The highest BCUT2D eigenvalue weighted by Gasteiger charge is 2.21. The second-order valence-corrected chi connectivity index (χ2v) is 12.6. The number of nitrogens with zero attached hydrogens (tertiary/aromatic N) is 3. The van der Waals surface area contributed by atoms with Gasteiger partial charge in [0.2, 0.25) is 0 Å². The number of urea groups is 1. The molecule has 0 aromatic heterocycles. The summed E-state index contributed by atoms with van der Waals surface area (Å²) in [5.41, 5.74) is 16.1. The molecule has 8 heteroatoms. The van der Waals surface area contributed by atoms with E-state index in [2.05, 4.69) is 87.9 Å². The number of nitrogens with one attached hydrogen (secondary N) is 1. The molecule has 4 aromatic carbocycles. The van der Waals surface area contributed by atoms with Crippen molar-refractivity contribution < 1.29 is 4.79 Å². The van der Waals surface area contributed by atoms with E-state index in [0.29, 0.717) is 13.1 Å². The van der Waals surface area contributed by atoms with Crippen LogP contribution in [0.2, 0.25) is 10.0 Å². The molecule has 2 aliphatic rings. The number of nitrogens with two attached hydrogens (primary N) is 1. The molecule has 0 unspecified atom stereocenters. The van der Waals surface area contributed by atoms with Crippen LogP contribution in [0, 0.1) is 0 Å². The van der Waals surface area contributed by atoms with Gasteiger partial charge in [-0.3, -0.25) is 0 Å². The summed E-state index contributed by atoms with van der Waals surface area (Å²) in [7, 11) is 3.50. The van der Waals surface area contributed by atoms with Crippen molar-refractivity contribution in [1.29, 1.82) is 0 Å². The molecule has 0 saturated heterocycles. The van der Waals surface area contributed by atoms with Crippen LogP contribution < -0.4 is 20.9 Å². The van der Waals surface area contributed by atoms with Gasteiger partial charge < -0.3 is 25.8 Å². The number of halogens is 2. The third-order valence-corrected chi connectivity index (χ3v) is 8.87. The molecule has 0 saturated carbocycles. The Balaban J connectivity index is 0.000000182. The van der Waals surface area contributed by atoms with Crippen LogP contribution in [-0.2, 0) is 25.7 Å². The van der Waals surface area contributed by atoms with Crippen molar-refractivity contribution in [2.24, 2.45) is 5.73 Å². The smallest absolute Gasteiger partial charge is 0.316 e. The molecule has 2 amide bonds. The summed E-state index contributed by atoms with van der Waals surface area (Å²) in [6, 6.07) is 29.5. The highest BCUT2D eigenvalue weighted by molar-refractivity contribution is 6.31. The molecule has 0 spiro atoms. The van der Waals surface area contributed by atoms with Gasteiger partial charge >= 0.3 is 6.03 Å². The maximum atomic E-state index is 11.7. The Morgan fingerprint density at radius 1 is 0.689 bits per heavy atom. The Morgan fingerprint density at radius 3 is 1.60 bits per heavy atom. The van der Waals surface area contributed by atoms with Gasteiger partial charge in [0, 0.05) is 66.5 Å². The largest absolute Gasteiger partial charge is 0.341 e. The van der Waals surface area contributed by atoms with E-state index >= 15 is 0 Å². The number of anilines is 4. The van der Waals surface area contributed by atoms with E-state index in [4.69, 9.17) is 28.9 Å². The molecule has 6 nitrogen and oxygen atoms in total. The second-order valence-electron chi connectivity index (χ2n) is 11.7. The van der Waals surface area contributed by atoms with Crippen LogP contribution >= 0.6 is 23.2 Å². The van der Waals surface area contributed by atoms with Gasteiger partial charge in [-0.2, -0.15) is 0 Å². The zero-order valence-electron chi connectivity index (χ0n) is 26.2. The molecule has 0 radical (unpaired) electrons. The number of hydrogen-bond acceptors (Lipinski definition) is 4. The molecule has 0 atom stereocenters. The first-order chi connectivity index (χ1) is 21.9. The monoisotopic (exact) mass is 643 g/mol. The number of carbonyl (C=O) groups is 1. The fraction of sp³-hybridized carbons (Fsp3) is 0.324. The van der Waals surface area contributed by atoms with Gasteiger partial charge in [-0.25, -0.2) is 4.79 Å². The Morgan fingerprint density at radius 2 is 1.13 bits per heavy atom. The molecule has 0 fully saturated rings. The molecule has 3 N–H and O–H groups in total. The quantitative estimate of drug-likeness (QED) is 0.199. The average Bonchev–Trinajstić information content (AvgIpc) is 3.30. The Bertz CT molecular complexity index is 1610. The fourth-order valence-corrected chi connectivity index (χ4v) is 6.42. The van der Waals surface area contributed by atoms with Crippen LogP contribution in [-0.4, -0.2) is 51.2 Å². The summed E-state index contributed by atoms with van der Waals surface area (Å²) in [4.78, 5) is 17.9. The second kappa shape index (κ2) is 15.5. The molecule has 6 rings (SSSR count). The number of fused-ring (bicyclic) bond motifs is 4. The first-order valence-corrected chi connectivity index (χ1v) is 16.5. The zero-order valence-corrected chi connectivity index (χ0v) is 27.7. The molecule has 236 valence electrons. The van der Waals surface area contributed by atoms with Gasteiger partial charge in [-0.15, -0.1) is 0 Å². The number of aryl methyl sites for hydroxylation is 4. The van der Waals surface area contributed by atoms with Crippen molar-refractivity contribution >= 4 is 52.0 Å². The number of amides is 2. The maximum Gasteiger partial charge on any atom is 0.316 e. The molecule has 4 aromatic rings. The van der Waals surface area contributed by atoms with Gasteiger partial charge in [-0.1, -0.05) is 71.7 Å². The van der Waals surface area contributed by atoms with E-state index in [1.807, 2.05) is 12.1 Å². The number of benzene rings is 4. The van der Waals surface area contributed by atoms with Crippen molar-refractivity contribution in [2.45, 2.75) is 38.5 Å². The minimum Gasteiger partial charge on any atom is -0.341 e. The molecular weight excluding hydrogens is 601 g/mol. The Labute approximate surface area is 277 Å². The normalized spacial score (nSPS) is 13.2. The lowest BCUT2D eigenvalue weighted by atomic mass is 10.0. The van der Waals surface area contributed by atoms with E-state index in [9.17, 15) is 4.79 Å². The SMILES string of the molecule is CN(C)C(=O)NCCCN1c2ccccc2CCc2ccc(Cl)cc21.NCCCN1c2ccccc2CCc2ccc(Cl)cc21. The van der Waals surface area contributed by atoms with Crippen molar-refractivity contribution in [1.82, 2.24) is 10.2 Å². The highest BCUT2D eigenvalue weighted by Crippen LogP contribution is 2.38. The van der Waals surface area contributed by atoms with Crippen LogP contribution in [0.3, 0.4) is 0 Å². The van der Waals surface area contributed by atoms with Gasteiger partial charge in [0.1, 0.15) is 0 Å². The molecule has 2 aliphatic heterocycles. The summed E-state index contributed by atoms with van der Waals surface area (Å²) in [5, 5.41) is 4.48. The average molecular weight is 645 g/mol.